The van der Waals surface area contributed by atoms with Gasteiger partial charge in [-0.15, -0.1) is 0 Å². The van der Waals surface area contributed by atoms with Crippen molar-refractivity contribution in [2.45, 2.75) is 0 Å². The van der Waals surface area contributed by atoms with E-state index >= 15 is 0 Å². The fraction of sp³-hybridized carbons (Fsp3) is 0.250. The van der Waals surface area contributed by atoms with Gasteiger partial charge in [-0.05, 0) is 12.1 Å². The summed E-state index contributed by atoms with van der Waals surface area (Å²) in [5.41, 5.74) is 0. The van der Waals surface area contributed by atoms with E-state index in [4.69, 9.17) is 21.4 Å². The smallest absolute Gasteiger partial charge is 0.183 e. The molecule has 2 nitrogen and oxygen atoms in total. The third-order valence-electron chi connectivity index (χ3n) is 1.27. The van der Waals surface area contributed by atoms with Crippen LogP contribution in [0, 0.1) is 5.82 Å². The molecule has 0 aliphatic carbocycles. The summed E-state index contributed by atoms with van der Waals surface area (Å²) in [6, 6.07) is 4.47. The number of aliphatic hydroxyl groups is 1. The molecule has 1 N–H and O–H groups in total. The highest BCUT2D eigenvalue weighted by Gasteiger charge is 2.05. The standard InChI is InChI=1S/C8H8ClFO2/c9-6-2-1-3-7(8(6)10)12-5-4-11/h1-3,11H,4-5H2. The van der Waals surface area contributed by atoms with Gasteiger partial charge in [0.1, 0.15) is 6.61 Å². The van der Waals surface area contributed by atoms with Crippen molar-refractivity contribution in [3.05, 3.63) is 29.0 Å². The van der Waals surface area contributed by atoms with Crippen LogP contribution >= 0.6 is 11.6 Å². The van der Waals surface area contributed by atoms with Gasteiger partial charge in [-0.2, -0.15) is 0 Å². The average molecular weight is 191 g/mol. The predicted octanol–water partition coefficient (Wildman–Crippen LogP) is 1.85. The molecule has 4 heteroatoms. The Morgan fingerprint density at radius 3 is 2.92 bits per heavy atom. The van der Waals surface area contributed by atoms with Gasteiger partial charge in [0.2, 0.25) is 0 Å². The molecular weight excluding hydrogens is 183 g/mol. The lowest BCUT2D eigenvalue weighted by molar-refractivity contribution is 0.196. The highest BCUT2D eigenvalue weighted by atomic mass is 35.5. The number of rotatable bonds is 3. The Morgan fingerprint density at radius 2 is 2.25 bits per heavy atom. The Morgan fingerprint density at radius 1 is 1.50 bits per heavy atom. The monoisotopic (exact) mass is 190 g/mol. The highest BCUT2D eigenvalue weighted by molar-refractivity contribution is 6.30. The molecule has 0 unspecified atom stereocenters. The van der Waals surface area contributed by atoms with E-state index < -0.39 is 5.82 Å². The number of hydrogen-bond acceptors (Lipinski definition) is 2. The van der Waals surface area contributed by atoms with Crippen LogP contribution in [0.3, 0.4) is 0 Å². The first-order chi connectivity index (χ1) is 5.75. The highest BCUT2D eigenvalue weighted by Crippen LogP contribution is 2.23. The van der Waals surface area contributed by atoms with E-state index in [1.165, 1.54) is 12.1 Å². The second-order valence-electron chi connectivity index (χ2n) is 2.12. The maximum atomic E-state index is 13.0. The Hall–Kier alpha value is -0.800. The van der Waals surface area contributed by atoms with E-state index in [9.17, 15) is 4.39 Å². The topological polar surface area (TPSA) is 29.5 Å². The molecular formula is C8H8ClFO2. The van der Waals surface area contributed by atoms with E-state index in [2.05, 4.69) is 0 Å². The Bertz CT molecular complexity index is 265. The third-order valence-corrected chi connectivity index (χ3v) is 1.56. The molecule has 0 fully saturated rings. The van der Waals surface area contributed by atoms with Crippen molar-refractivity contribution in [2.75, 3.05) is 13.2 Å². The zero-order chi connectivity index (χ0) is 8.97. The number of hydrogen-bond donors (Lipinski definition) is 1. The van der Waals surface area contributed by atoms with Crippen LogP contribution in [-0.4, -0.2) is 18.3 Å². The second kappa shape index (κ2) is 4.28. The minimum atomic E-state index is -0.590. The van der Waals surface area contributed by atoms with Gasteiger partial charge in [-0.1, -0.05) is 17.7 Å². The van der Waals surface area contributed by atoms with Gasteiger partial charge < -0.3 is 9.84 Å². The van der Waals surface area contributed by atoms with Crippen molar-refractivity contribution in [2.24, 2.45) is 0 Å². The lowest BCUT2D eigenvalue weighted by Crippen LogP contribution is -2.03. The first kappa shape index (κ1) is 9.29. The zero-order valence-corrected chi connectivity index (χ0v) is 7.01. The van der Waals surface area contributed by atoms with Crippen LogP contribution in [0.4, 0.5) is 4.39 Å². The van der Waals surface area contributed by atoms with E-state index in [1.807, 2.05) is 0 Å². The molecule has 0 spiro atoms. The molecule has 0 amide bonds. The summed E-state index contributed by atoms with van der Waals surface area (Å²) in [6.07, 6.45) is 0. The van der Waals surface area contributed by atoms with Gasteiger partial charge in [0, 0.05) is 0 Å². The van der Waals surface area contributed by atoms with E-state index in [1.54, 1.807) is 6.07 Å². The lowest BCUT2D eigenvalue weighted by atomic mass is 10.3. The molecule has 0 saturated carbocycles. The average Bonchev–Trinajstić information content (AvgIpc) is 2.08. The van der Waals surface area contributed by atoms with Gasteiger partial charge in [0.05, 0.1) is 11.6 Å². The lowest BCUT2D eigenvalue weighted by Gasteiger charge is -2.05. The van der Waals surface area contributed by atoms with Crippen LogP contribution in [0.1, 0.15) is 0 Å². The summed E-state index contributed by atoms with van der Waals surface area (Å²) in [5.74, 6) is -0.524. The fourth-order valence-corrected chi connectivity index (χ4v) is 0.917. The summed E-state index contributed by atoms with van der Waals surface area (Å²) >= 11 is 5.48. The Balaban J connectivity index is 2.78. The van der Waals surface area contributed by atoms with Crippen LogP contribution < -0.4 is 4.74 Å². The first-order valence-electron chi connectivity index (χ1n) is 3.43. The van der Waals surface area contributed by atoms with E-state index in [-0.39, 0.29) is 24.0 Å². The molecule has 1 aromatic rings. The number of aliphatic hydroxyl groups excluding tert-OH is 1. The van der Waals surface area contributed by atoms with Crippen molar-refractivity contribution in [3.8, 4) is 5.75 Å². The summed E-state index contributed by atoms with van der Waals surface area (Å²) in [7, 11) is 0. The molecule has 0 heterocycles. The minimum absolute atomic E-state index is 0.0189. The Labute approximate surface area is 74.5 Å². The second-order valence-corrected chi connectivity index (χ2v) is 2.53. The molecule has 12 heavy (non-hydrogen) atoms. The van der Waals surface area contributed by atoms with E-state index in [0.29, 0.717) is 0 Å². The normalized spacial score (nSPS) is 9.92. The van der Waals surface area contributed by atoms with Crippen molar-refractivity contribution in [3.63, 3.8) is 0 Å². The van der Waals surface area contributed by atoms with Gasteiger partial charge in [0.15, 0.2) is 11.6 Å². The summed E-state index contributed by atoms with van der Waals surface area (Å²) in [4.78, 5) is 0. The molecule has 0 atom stereocenters. The van der Waals surface area contributed by atoms with Crippen LogP contribution in [-0.2, 0) is 0 Å². The number of benzene rings is 1. The summed E-state index contributed by atoms with van der Waals surface area (Å²) < 4.78 is 17.8. The van der Waals surface area contributed by atoms with Gasteiger partial charge in [-0.3, -0.25) is 0 Å². The van der Waals surface area contributed by atoms with Crippen molar-refractivity contribution >= 4 is 11.6 Å². The molecule has 0 aromatic heterocycles. The molecule has 0 saturated heterocycles. The molecule has 66 valence electrons. The third kappa shape index (κ3) is 2.09. The van der Waals surface area contributed by atoms with E-state index in [0.717, 1.165) is 0 Å². The molecule has 0 aliphatic rings. The van der Waals surface area contributed by atoms with Crippen molar-refractivity contribution in [1.29, 1.82) is 0 Å². The summed E-state index contributed by atoms with van der Waals surface area (Å²) in [5, 5.41) is 8.43. The first-order valence-corrected chi connectivity index (χ1v) is 3.81. The largest absolute Gasteiger partial charge is 0.488 e. The Kier molecular flexibility index (Phi) is 3.31. The quantitative estimate of drug-likeness (QED) is 0.788. The molecule has 1 rings (SSSR count). The van der Waals surface area contributed by atoms with Crippen molar-refractivity contribution < 1.29 is 14.2 Å². The molecule has 0 aliphatic heterocycles. The molecule has 1 aromatic carbocycles. The van der Waals surface area contributed by atoms with Gasteiger partial charge >= 0.3 is 0 Å². The van der Waals surface area contributed by atoms with Crippen molar-refractivity contribution in [1.82, 2.24) is 0 Å². The number of halogens is 2. The minimum Gasteiger partial charge on any atom is -0.488 e. The fourth-order valence-electron chi connectivity index (χ4n) is 0.751. The summed E-state index contributed by atoms with van der Waals surface area (Å²) in [6.45, 7) is -0.0801. The SMILES string of the molecule is OCCOc1cccc(Cl)c1F. The van der Waals surface area contributed by atoms with Crippen LogP contribution in [0.5, 0.6) is 5.75 Å². The number of ether oxygens (including phenoxy) is 1. The predicted molar refractivity (Wildman–Crippen MR) is 44.0 cm³/mol. The van der Waals surface area contributed by atoms with Crippen LogP contribution in [0.25, 0.3) is 0 Å². The zero-order valence-electron chi connectivity index (χ0n) is 6.26. The van der Waals surface area contributed by atoms with Crippen LogP contribution in [0.15, 0.2) is 18.2 Å². The molecule has 0 bridgehead atoms. The molecule has 0 radical (unpaired) electrons. The maximum absolute atomic E-state index is 13.0. The van der Waals surface area contributed by atoms with Gasteiger partial charge in [0.25, 0.3) is 0 Å². The van der Waals surface area contributed by atoms with Gasteiger partial charge in [-0.25, -0.2) is 4.39 Å². The maximum Gasteiger partial charge on any atom is 0.183 e. The van der Waals surface area contributed by atoms with Crippen LogP contribution in [0.2, 0.25) is 5.02 Å².